The van der Waals surface area contributed by atoms with Gasteiger partial charge in [-0.15, -0.1) is 0 Å². The molecule has 0 fully saturated rings. The van der Waals surface area contributed by atoms with Gasteiger partial charge in [0.1, 0.15) is 0 Å². The van der Waals surface area contributed by atoms with Gasteiger partial charge < -0.3 is 9.47 Å². The second kappa shape index (κ2) is 10.0. The maximum absolute atomic E-state index is 10.9. The summed E-state index contributed by atoms with van der Waals surface area (Å²) in [5.74, 6) is 0.0257. The summed E-state index contributed by atoms with van der Waals surface area (Å²) >= 11 is 0. The van der Waals surface area contributed by atoms with Crippen LogP contribution in [0, 0.1) is 0 Å². The Morgan fingerprint density at radius 1 is 0.875 bits per heavy atom. The molecule has 0 amide bonds. The van der Waals surface area contributed by atoms with Gasteiger partial charge in [0.2, 0.25) is 0 Å². The molecule has 0 unspecified atom stereocenters. The summed E-state index contributed by atoms with van der Waals surface area (Å²) in [5, 5.41) is 0. The van der Waals surface area contributed by atoms with Gasteiger partial charge in [0.25, 0.3) is 10.1 Å². The summed E-state index contributed by atoms with van der Waals surface area (Å²) in [4.78, 5) is 0. The fourth-order valence-corrected chi connectivity index (χ4v) is 1.48. The Bertz CT molecular complexity index is 238. The molecule has 0 radical (unpaired) electrons. The molecule has 0 aromatic carbocycles. The molecule has 16 heavy (non-hydrogen) atoms. The van der Waals surface area contributed by atoms with Crippen LogP contribution in [-0.4, -0.2) is 47.2 Å². The van der Waals surface area contributed by atoms with Crippen LogP contribution in [-0.2, 0) is 23.8 Å². The highest BCUT2D eigenvalue weighted by atomic mass is 32.2. The lowest BCUT2D eigenvalue weighted by Crippen LogP contribution is -2.10. The first-order chi connectivity index (χ1) is 7.62. The van der Waals surface area contributed by atoms with Gasteiger partial charge in [0.05, 0.1) is 25.6 Å². The smallest absolute Gasteiger partial charge is 0.267 e. The van der Waals surface area contributed by atoms with E-state index in [-0.39, 0.29) is 12.4 Å². The maximum Gasteiger partial charge on any atom is 0.267 e. The quantitative estimate of drug-likeness (QED) is 0.409. The average molecular weight is 254 g/mol. The third kappa shape index (κ3) is 10.4. The van der Waals surface area contributed by atoms with Crippen LogP contribution in [0.25, 0.3) is 0 Å². The van der Waals surface area contributed by atoms with Crippen molar-refractivity contribution in [3.8, 4) is 0 Å². The zero-order valence-corrected chi connectivity index (χ0v) is 10.9. The van der Waals surface area contributed by atoms with E-state index in [0.29, 0.717) is 32.8 Å². The van der Waals surface area contributed by atoms with Gasteiger partial charge in [-0.1, -0.05) is 0 Å². The van der Waals surface area contributed by atoms with Crippen molar-refractivity contribution < 1.29 is 22.1 Å². The largest absolute Gasteiger partial charge is 0.379 e. The minimum Gasteiger partial charge on any atom is -0.379 e. The first kappa shape index (κ1) is 15.8. The minimum absolute atomic E-state index is 0.0257. The van der Waals surface area contributed by atoms with Gasteiger partial charge in [-0.3, -0.25) is 4.18 Å². The van der Waals surface area contributed by atoms with E-state index in [4.69, 9.17) is 13.7 Å². The number of unbranched alkanes of at least 4 members (excludes halogenated alkanes) is 1. The fourth-order valence-electron chi connectivity index (χ4n) is 0.940. The first-order valence-electron chi connectivity index (χ1n) is 5.65. The van der Waals surface area contributed by atoms with Gasteiger partial charge in [-0.2, -0.15) is 8.42 Å². The molecule has 0 N–H and O–H groups in total. The Morgan fingerprint density at radius 3 is 2.12 bits per heavy atom. The molecule has 6 heteroatoms. The number of ether oxygens (including phenoxy) is 2. The van der Waals surface area contributed by atoms with Crippen LogP contribution >= 0.6 is 0 Å². The SMILES string of the molecule is CCOCCOCCCCOS(=O)(=O)CC. The molecular formula is C10H22O5S. The Labute approximate surface area is 98.2 Å². The third-order valence-corrected chi connectivity index (χ3v) is 3.11. The van der Waals surface area contributed by atoms with Crippen LogP contribution in [0.5, 0.6) is 0 Å². The Hall–Kier alpha value is -0.170. The topological polar surface area (TPSA) is 61.8 Å². The zero-order chi connectivity index (χ0) is 12.3. The Morgan fingerprint density at radius 2 is 1.50 bits per heavy atom. The molecule has 5 nitrogen and oxygen atoms in total. The molecular weight excluding hydrogens is 232 g/mol. The maximum atomic E-state index is 10.9. The summed E-state index contributed by atoms with van der Waals surface area (Å²) in [5.41, 5.74) is 0. The van der Waals surface area contributed by atoms with Crippen LogP contribution in [0.2, 0.25) is 0 Å². The fraction of sp³-hybridized carbons (Fsp3) is 1.00. The van der Waals surface area contributed by atoms with Crippen molar-refractivity contribution in [2.45, 2.75) is 26.7 Å². The summed E-state index contributed by atoms with van der Waals surface area (Å²) in [6.07, 6.45) is 1.49. The standard InChI is InChI=1S/C10H22O5S/c1-3-13-9-10-14-7-5-6-8-15-16(11,12)4-2/h3-10H2,1-2H3. The van der Waals surface area contributed by atoms with Crippen LogP contribution in [0.15, 0.2) is 0 Å². The molecule has 0 aliphatic rings. The summed E-state index contributed by atoms with van der Waals surface area (Å²) < 4.78 is 36.9. The molecule has 0 aromatic rings. The van der Waals surface area contributed by atoms with Crippen LogP contribution in [0.1, 0.15) is 26.7 Å². The molecule has 0 saturated carbocycles. The van der Waals surface area contributed by atoms with E-state index in [0.717, 1.165) is 6.42 Å². The van der Waals surface area contributed by atoms with Crippen LogP contribution in [0.4, 0.5) is 0 Å². The zero-order valence-electron chi connectivity index (χ0n) is 10.1. The van der Waals surface area contributed by atoms with Gasteiger partial charge in [0.15, 0.2) is 0 Å². The van der Waals surface area contributed by atoms with Crippen LogP contribution in [0.3, 0.4) is 0 Å². The highest BCUT2D eigenvalue weighted by Crippen LogP contribution is 1.97. The van der Waals surface area contributed by atoms with Crippen molar-refractivity contribution in [3.63, 3.8) is 0 Å². The van der Waals surface area contributed by atoms with E-state index in [2.05, 4.69) is 0 Å². The lowest BCUT2D eigenvalue weighted by atomic mass is 10.3. The van der Waals surface area contributed by atoms with Gasteiger partial charge in [-0.25, -0.2) is 0 Å². The Balaban J connectivity index is 3.16. The Kier molecular flexibility index (Phi) is 9.91. The second-order valence-corrected chi connectivity index (χ2v) is 5.11. The van der Waals surface area contributed by atoms with Crippen molar-refractivity contribution in [1.82, 2.24) is 0 Å². The molecule has 0 atom stereocenters. The van der Waals surface area contributed by atoms with E-state index >= 15 is 0 Å². The lowest BCUT2D eigenvalue weighted by Gasteiger charge is -2.05. The summed E-state index contributed by atoms with van der Waals surface area (Å²) in [6.45, 7) is 6.25. The second-order valence-electron chi connectivity index (χ2n) is 3.18. The predicted molar refractivity (Wildman–Crippen MR) is 62.0 cm³/mol. The summed E-state index contributed by atoms with van der Waals surface area (Å²) in [7, 11) is -3.29. The summed E-state index contributed by atoms with van der Waals surface area (Å²) in [6, 6.07) is 0. The number of hydrogen-bond acceptors (Lipinski definition) is 5. The van der Waals surface area contributed by atoms with Crippen molar-refractivity contribution in [3.05, 3.63) is 0 Å². The molecule has 0 spiro atoms. The van der Waals surface area contributed by atoms with E-state index < -0.39 is 10.1 Å². The molecule has 98 valence electrons. The molecule has 0 saturated heterocycles. The third-order valence-electron chi connectivity index (χ3n) is 1.88. The average Bonchev–Trinajstić information content (AvgIpc) is 2.27. The molecule has 0 aliphatic carbocycles. The van der Waals surface area contributed by atoms with E-state index in [9.17, 15) is 8.42 Å². The van der Waals surface area contributed by atoms with Crippen molar-refractivity contribution >= 4 is 10.1 Å². The van der Waals surface area contributed by atoms with Crippen molar-refractivity contribution in [2.75, 3.05) is 38.8 Å². The van der Waals surface area contributed by atoms with E-state index in [1.165, 1.54) is 0 Å². The van der Waals surface area contributed by atoms with Gasteiger partial charge in [-0.05, 0) is 26.7 Å². The van der Waals surface area contributed by atoms with E-state index in [1.54, 1.807) is 6.92 Å². The lowest BCUT2D eigenvalue weighted by molar-refractivity contribution is 0.0505. The van der Waals surface area contributed by atoms with Crippen LogP contribution < -0.4 is 0 Å². The number of rotatable bonds is 11. The van der Waals surface area contributed by atoms with Crippen molar-refractivity contribution in [2.24, 2.45) is 0 Å². The highest BCUT2D eigenvalue weighted by molar-refractivity contribution is 7.86. The van der Waals surface area contributed by atoms with Gasteiger partial charge in [0, 0.05) is 13.2 Å². The first-order valence-corrected chi connectivity index (χ1v) is 7.22. The monoisotopic (exact) mass is 254 g/mol. The number of hydrogen-bond donors (Lipinski definition) is 0. The molecule has 0 bridgehead atoms. The molecule has 0 rings (SSSR count). The molecule has 0 heterocycles. The minimum atomic E-state index is -3.29. The molecule has 0 aromatic heterocycles. The van der Waals surface area contributed by atoms with E-state index in [1.807, 2.05) is 6.92 Å². The molecule has 0 aliphatic heterocycles. The normalized spacial score (nSPS) is 11.9. The van der Waals surface area contributed by atoms with Crippen molar-refractivity contribution in [1.29, 1.82) is 0 Å². The predicted octanol–water partition coefficient (Wildman–Crippen LogP) is 1.19. The van der Waals surface area contributed by atoms with Gasteiger partial charge >= 0.3 is 0 Å². The highest BCUT2D eigenvalue weighted by Gasteiger charge is 2.05.